The van der Waals surface area contributed by atoms with Crippen molar-refractivity contribution >= 4 is 50.3 Å². The summed E-state index contributed by atoms with van der Waals surface area (Å²) in [6.45, 7) is 0. The number of fused-ring (bicyclic) bond motifs is 1. The second kappa shape index (κ2) is 6.66. The monoisotopic (exact) mass is 365 g/mol. The molecule has 1 saturated heterocycles. The Morgan fingerprint density at radius 1 is 1.38 bits per heavy atom. The third kappa shape index (κ3) is 3.49. The van der Waals surface area contributed by atoms with Gasteiger partial charge in [-0.25, -0.2) is 4.79 Å². The van der Waals surface area contributed by atoms with Gasteiger partial charge in [0, 0.05) is 27.9 Å². The number of benzene rings is 1. The number of nitrogens with one attached hydrogen (secondary N) is 2. The summed E-state index contributed by atoms with van der Waals surface area (Å²) in [7, 11) is 0. The van der Waals surface area contributed by atoms with Crippen molar-refractivity contribution < 1.29 is 4.79 Å². The number of carbonyl (C=O) groups excluding carboxylic acids is 1. The number of carbonyl (C=O) groups is 1. The molecule has 110 valence electrons. The highest BCUT2D eigenvalue weighted by Crippen LogP contribution is 2.28. The van der Waals surface area contributed by atoms with Gasteiger partial charge in [0.05, 0.1) is 11.2 Å². The second-order valence-corrected chi connectivity index (χ2v) is 7.01. The predicted molar refractivity (Wildman–Crippen MR) is 91.9 cm³/mol. The van der Waals surface area contributed by atoms with Gasteiger partial charge in [-0.05, 0) is 58.8 Å². The second-order valence-electron chi connectivity index (χ2n) is 5.01. The smallest absolute Gasteiger partial charge is 0.319 e. The zero-order chi connectivity index (χ0) is 14.7. The highest BCUT2D eigenvalue weighted by molar-refractivity contribution is 9.10. The van der Waals surface area contributed by atoms with Crippen molar-refractivity contribution in [2.75, 3.05) is 16.8 Å². The van der Waals surface area contributed by atoms with E-state index in [2.05, 4.69) is 31.5 Å². The lowest BCUT2D eigenvalue weighted by Gasteiger charge is -2.22. The van der Waals surface area contributed by atoms with Crippen LogP contribution in [0.15, 0.2) is 34.9 Å². The summed E-state index contributed by atoms with van der Waals surface area (Å²) < 4.78 is 0.924. The fourth-order valence-corrected chi connectivity index (χ4v) is 3.97. The molecule has 0 aliphatic carbocycles. The van der Waals surface area contributed by atoms with Gasteiger partial charge in [-0.2, -0.15) is 11.8 Å². The summed E-state index contributed by atoms with van der Waals surface area (Å²) >= 11 is 5.38. The minimum atomic E-state index is -0.144. The van der Waals surface area contributed by atoms with E-state index < -0.39 is 0 Å². The largest absolute Gasteiger partial charge is 0.334 e. The molecule has 2 N–H and O–H groups in total. The molecule has 1 atom stereocenters. The number of amides is 2. The van der Waals surface area contributed by atoms with E-state index >= 15 is 0 Å². The molecule has 1 aromatic heterocycles. The molecule has 3 rings (SSSR count). The molecule has 2 heterocycles. The van der Waals surface area contributed by atoms with E-state index in [1.165, 1.54) is 12.2 Å². The van der Waals surface area contributed by atoms with Crippen molar-refractivity contribution in [2.24, 2.45) is 0 Å². The molecule has 2 aromatic rings. The van der Waals surface area contributed by atoms with Crippen molar-refractivity contribution in [3.8, 4) is 0 Å². The summed E-state index contributed by atoms with van der Waals surface area (Å²) in [6, 6.07) is 7.75. The Bertz CT molecular complexity index is 658. The first-order valence-corrected chi connectivity index (χ1v) is 8.87. The zero-order valence-electron chi connectivity index (χ0n) is 11.4. The number of thioether (sulfide) groups is 1. The maximum absolute atomic E-state index is 12.1. The van der Waals surface area contributed by atoms with Crippen LogP contribution in [0.5, 0.6) is 0 Å². The third-order valence-electron chi connectivity index (χ3n) is 3.46. The van der Waals surface area contributed by atoms with Gasteiger partial charge in [0.15, 0.2) is 0 Å². The van der Waals surface area contributed by atoms with E-state index in [1.54, 1.807) is 6.20 Å². The Kier molecular flexibility index (Phi) is 4.65. The molecule has 1 aliphatic rings. The Morgan fingerprint density at radius 3 is 3.10 bits per heavy atom. The van der Waals surface area contributed by atoms with Crippen LogP contribution in [0, 0.1) is 0 Å². The predicted octanol–water partition coefficient (Wildman–Crippen LogP) is 4.01. The van der Waals surface area contributed by atoms with Crippen LogP contribution in [0.2, 0.25) is 0 Å². The first-order chi connectivity index (χ1) is 10.2. The lowest BCUT2D eigenvalue weighted by atomic mass is 10.2. The topological polar surface area (TPSA) is 54.0 Å². The van der Waals surface area contributed by atoms with Gasteiger partial charge in [-0.1, -0.05) is 0 Å². The van der Waals surface area contributed by atoms with E-state index in [-0.39, 0.29) is 12.1 Å². The fraction of sp³-hybridized carbons (Fsp3) is 0.333. The minimum Gasteiger partial charge on any atom is -0.334 e. The SMILES string of the molecule is O=C(Nc1ccc(Br)c2ncccc12)NC1CCCSC1. The van der Waals surface area contributed by atoms with E-state index in [0.717, 1.165) is 33.2 Å². The maximum Gasteiger partial charge on any atom is 0.319 e. The molecule has 1 aromatic carbocycles. The minimum absolute atomic E-state index is 0.144. The molecule has 0 saturated carbocycles. The van der Waals surface area contributed by atoms with Crippen LogP contribution in [0.1, 0.15) is 12.8 Å². The maximum atomic E-state index is 12.1. The summed E-state index contributed by atoms with van der Waals surface area (Å²) in [5.74, 6) is 2.19. The number of hydrogen-bond acceptors (Lipinski definition) is 3. The Morgan fingerprint density at radius 2 is 2.29 bits per heavy atom. The molecule has 0 spiro atoms. The van der Waals surface area contributed by atoms with Crippen LogP contribution in [-0.2, 0) is 0 Å². The van der Waals surface area contributed by atoms with E-state index in [0.29, 0.717) is 0 Å². The third-order valence-corrected chi connectivity index (χ3v) is 5.32. The van der Waals surface area contributed by atoms with Gasteiger partial charge in [0.1, 0.15) is 0 Å². The molecule has 1 unspecified atom stereocenters. The number of aromatic nitrogens is 1. The number of urea groups is 1. The van der Waals surface area contributed by atoms with Gasteiger partial charge in [0.25, 0.3) is 0 Å². The van der Waals surface area contributed by atoms with Crippen LogP contribution in [-0.4, -0.2) is 28.6 Å². The van der Waals surface area contributed by atoms with Crippen LogP contribution in [0.25, 0.3) is 10.9 Å². The van der Waals surface area contributed by atoms with Crippen LogP contribution >= 0.6 is 27.7 Å². The molecular weight excluding hydrogens is 350 g/mol. The number of halogens is 1. The summed E-state index contributed by atoms with van der Waals surface area (Å²) in [5, 5.41) is 6.91. The summed E-state index contributed by atoms with van der Waals surface area (Å²) in [6.07, 6.45) is 3.97. The zero-order valence-corrected chi connectivity index (χ0v) is 13.8. The quantitative estimate of drug-likeness (QED) is 0.844. The average molecular weight is 366 g/mol. The highest BCUT2D eigenvalue weighted by Gasteiger charge is 2.16. The van der Waals surface area contributed by atoms with Crippen molar-refractivity contribution in [1.29, 1.82) is 0 Å². The summed E-state index contributed by atoms with van der Waals surface area (Å²) in [4.78, 5) is 16.5. The summed E-state index contributed by atoms with van der Waals surface area (Å²) in [5.41, 5.74) is 1.63. The van der Waals surface area contributed by atoms with Crippen molar-refractivity contribution in [3.63, 3.8) is 0 Å². The number of rotatable bonds is 2. The fourth-order valence-electron chi connectivity index (χ4n) is 2.45. The average Bonchev–Trinajstić information content (AvgIpc) is 2.51. The number of hydrogen-bond donors (Lipinski definition) is 2. The lowest BCUT2D eigenvalue weighted by Crippen LogP contribution is -2.40. The first-order valence-electron chi connectivity index (χ1n) is 6.92. The standard InChI is InChI=1S/C15H16BrN3OS/c16-12-5-6-13(11-4-1-7-17-14(11)12)19-15(20)18-10-3-2-8-21-9-10/h1,4-7,10H,2-3,8-9H2,(H2,18,19,20). The molecular formula is C15H16BrN3OS. The van der Waals surface area contributed by atoms with Crippen LogP contribution in [0.4, 0.5) is 10.5 Å². The van der Waals surface area contributed by atoms with Gasteiger partial charge < -0.3 is 10.6 Å². The molecule has 2 amide bonds. The van der Waals surface area contributed by atoms with Gasteiger partial charge in [-0.3, -0.25) is 4.98 Å². The Balaban J connectivity index is 1.75. The molecule has 1 aliphatic heterocycles. The van der Waals surface area contributed by atoms with Crippen LogP contribution < -0.4 is 10.6 Å². The number of pyridine rings is 1. The molecule has 1 fully saturated rings. The first kappa shape index (κ1) is 14.7. The van der Waals surface area contributed by atoms with E-state index in [1.807, 2.05) is 36.0 Å². The van der Waals surface area contributed by atoms with Crippen molar-refractivity contribution in [3.05, 3.63) is 34.9 Å². The molecule has 0 bridgehead atoms. The van der Waals surface area contributed by atoms with Crippen molar-refractivity contribution in [2.45, 2.75) is 18.9 Å². The van der Waals surface area contributed by atoms with Gasteiger partial charge in [0.2, 0.25) is 0 Å². The molecule has 4 nitrogen and oxygen atoms in total. The van der Waals surface area contributed by atoms with Crippen LogP contribution in [0.3, 0.4) is 0 Å². The van der Waals surface area contributed by atoms with E-state index in [9.17, 15) is 4.79 Å². The number of anilines is 1. The highest BCUT2D eigenvalue weighted by atomic mass is 79.9. The molecule has 21 heavy (non-hydrogen) atoms. The molecule has 0 radical (unpaired) electrons. The molecule has 6 heteroatoms. The lowest BCUT2D eigenvalue weighted by molar-refractivity contribution is 0.248. The van der Waals surface area contributed by atoms with Gasteiger partial charge >= 0.3 is 6.03 Å². The van der Waals surface area contributed by atoms with Gasteiger partial charge in [-0.15, -0.1) is 0 Å². The van der Waals surface area contributed by atoms with E-state index in [4.69, 9.17) is 0 Å². The Hall–Kier alpha value is -1.27. The number of nitrogens with zero attached hydrogens (tertiary/aromatic N) is 1. The van der Waals surface area contributed by atoms with Crippen molar-refractivity contribution in [1.82, 2.24) is 10.3 Å². The normalized spacial score (nSPS) is 18.4. The Labute approximate surface area is 136 Å².